The lowest BCUT2D eigenvalue weighted by Crippen LogP contribution is -2.43. The molecule has 3 aromatic carbocycles. The maximum absolute atomic E-state index is 12.9. The third kappa shape index (κ3) is 6.43. The van der Waals surface area contributed by atoms with Crippen molar-refractivity contribution in [2.24, 2.45) is 0 Å². The van der Waals surface area contributed by atoms with E-state index in [2.05, 4.69) is 5.32 Å². The molecule has 0 aliphatic carbocycles. The van der Waals surface area contributed by atoms with Gasteiger partial charge < -0.3 is 19.5 Å². The zero-order valence-corrected chi connectivity index (χ0v) is 18.4. The number of hydrogen-bond donors (Lipinski definition) is 1. The molecule has 1 atom stereocenters. The van der Waals surface area contributed by atoms with Crippen LogP contribution in [0.25, 0.3) is 0 Å². The lowest BCUT2D eigenvalue weighted by Gasteiger charge is -2.18. The van der Waals surface area contributed by atoms with Crippen LogP contribution in [0.5, 0.6) is 11.5 Å². The number of hydrogen-bond acceptors (Lipinski definition) is 6. The Bertz CT molecular complexity index is 1100. The number of rotatable bonds is 10. The topological polar surface area (TPSA) is 90.9 Å². The molecule has 0 aromatic heterocycles. The number of ether oxygens (including phenoxy) is 3. The summed E-state index contributed by atoms with van der Waals surface area (Å²) >= 11 is 0. The Morgan fingerprint density at radius 1 is 0.788 bits per heavy atom. The van der Waals surface area contributed by atoms with Gasteiger partial charge in [0.2, 0.25) is 0 Å². The number of nitrogens with one attached hydrogen (secondary N) is 1. The Hall–Kier alpha value is -4.13. The van der Waals surface area contributed by atoms with Crippen LogP contribution in [0.3, 0.4) is 0 Å². The minimum absolute atomic E-state index is 0.207. The first-order valence-corrected chi connectivity index (χ1v) is 10.3. The molecule has 0 spiro atoms. The highest BCUT2D eigenvalue weighted by molar-refractivity contribution is 5.99. The molecule has 0 aliphatic rings. The summed E-state index contributed by atoms with van der Waals surface area (Å²) in [5, 5.41) is 2.71. The highest BCUT2D eigenvalue weighted by Gasteiger charge is 2.25. The average Bonchev–Trinajstić information content (AvgIpc) is 2.87. The first-order chi connectivity index (χ1) is 16.0. The van der Waals surface area contributed by atoms with E-state index >= 15 is 0 Å². The Kier molecular flexibility index (Phi) is 8.18. The van der Waals surface area contributed by atoms with E-state index in [1.54, 1.807) is 42.5 Å². The number of carbonyl (C=O) groups excluding carboxylic acids is 3. The van der Waals surface area contributed by atoms with Crippen LogP contribution in [0, 0.1) is 0 Å². The van der Waals surface area contributed by atoms with Crippen molar-refractivity contribution in [2.45, 2.75) is 12.5 Å². The number of carbonyl (C=O) groups is 3. The summed E-state index contributed by atoms with van der Waals surface area (Å²) in [5.74, 6) is -0.636. The van der Waals surface area contributed by atoms with Gasteiger partial charge in [0.25, 0.3) is 5.91 Å². The van der Waals surface area contributed by atoms with Crippen LogP contribution in [0.2, 0.25) is 0 Å². The Morgan fingerprint density at radius 3 is 2.06 bits per heavy atom. The number of benzene rings is 3. The number of amides is 1. The Balaban J connectivity index is 1.74. The van der Waals surface area contributed by atoms with Crippen molar-refractivity contribution in [3.63, 3.8) is 0 Å². The van der Waals surface area contributed by atoms with Gasteiger partial charge in [-0.15, -0.1) is 0 Å². The van der Waals surface area contributed by atoms with Crippen LogP contribution < -0.4 is 14.8 Å². The fourth-order valence-corrected chi connectivity index (χ4v) is 3.21. The normalized spacial score (nSPS) is 11.2. The molecule has 0 aliphatic heterocycles. The Labute approximate surface area is 192 Å². The van der Waals surface area contributed by atoms with Gasteiger partial charge in [-0.2, -0.15) is 0 Å². The van der Waals surface area contributed by atoms with E-state index in [0.717, 1.165) is 5.56 Å². The molecule has 3 rings (SSSR count). The van der Waals surface area contributed by atoms with Gasteiger partial charge in [-0.3, -0.25) is 9.59 Å². The van der Waals surface area contributed by atoms with Crippen LogP contribution in [-0.2, 0) is 16.0 Å². The van der Waals surface area contributed by atoms with Gasteiger partial charge in [0.1, 0.15) is 6.04 Å². The second-order valence-electron chi connectivity index (χ2n) is 7.18. The quantitative estimate of drug-likeness (QED) is 0.378. The summed E-state index contributed by atoms with van der Waals surface area (Å²) in [4.78, 5) is 38.0. The summed E-state index contributed by atoms with van der Waals surface area (Å²) in [6, 6.07) is 21.5. The van der Waals surface area contributed by atoms with Crippen molar-refractivity contribution in [1.29, 1.82) is 0 Å². The SMILES string of the molecule is COc1ccc(C(=O)N[C@@H](Cc2ccccc2)C(=O)OCC(=O)c2ccccc2)cc1OC. The molecular weight excluding hydrogens is 422 g/mol. The third-order valence-electron chi connectivity index (χ3n) is 4.96. The van der Waals surface area contributed by atoms with Crippen LogP contribution in [0.1, 0.15) is 26.3 Å². The summed E-state index contributed by atoms with van der Waals surface area (Å²) < 4.78 is 15.7. The molecule has 170 valence electrons. The third-order valence-corrected chi connectivity index (χ3v) is 4.96. The van der Waals surface area contributed by atoms with E-state index in [-0.39, 0.29) is 12.2 Å². The Morgan fingerprint density at radius 2 is 1.42 bits per heavy atom. The number of esters is 1. The average molecular weight is 447 g/mol. The van der Waals surface area contributed by atoms with Crippen molar-refractivity contribution >= 4 is 17.7 Å². The number of ketones is 1. The molecule has 0 saturated carbocycles. The molecule has 0 heterocycles. The van der Waals surface area contributed by atoms with Crippen LogP contribution in [0.15, 0.2) is 78.9 Å². The van der Waals surface area contributed by atoms with E-state index in [0.29, 0.717) is 22.6 Å². The molecule has 1 amide bonds. The summed E-state index contributed by atoms with van der Waals surface area (Å²) in [5.41, 5.74) is 1.57. The van der Waals surface area contributed by atoms with Gasteiger partial charge in [0.15, 0.2) is 23.9 Å². The largest absolute Gasteiger partial charge is 0.493 e. The van der Waals surface area contributed by atoms with E-state index in [9.17, 15) is 14.4 Å². The molecule has 33 heavy (non-hydrogen) atoms. The highest BCUT2D eigenvalue weighted by Crippen LogP contribution is 2.27. The second-order valence-corrected chi connectivity index (χ2v) is 7.18. The van der Waals surface area contributed by atoms with Gasteiger partial charge in [-0.1, -0.05) is 60.7 Å². The standard InChI is InChI=1S/C26H25NO6/c1-31-23-14-13-20(16-24(23)32-2)25(29)27-21(15-18-9-5-3-6-10-18)26(30)33-17-22(28)19-11-7-4-8-12-19/h3-14,16,21H,15,17H2,1-2H3,(H,27,29)/t21-/m0/s1. The van der Waals surface area contributed by atoms with Gasteiger partial charge in [0.05, 0.1) is 14.2 Å². The van der Waals surface area contributed by atoms with Gasteiger partial charge >= 0.3 is 5.97 Å². The van der Waals surface area contributed by atoms with Gasteiger partial charge in [0, 0.05) is 17.5 Å². The fourth-order valence-electron chi connectivity index (χ4n) is 3.21. The van der Waals surface area contributed by atoms with E-state index in [4.69, 9.17) is 14.2 Å². The molecule has 7 nitrogen and oxygen atoms in total. The summed E-state index contributed by atoms with van der Waals surface area (Å²) in [6.45, 7) is -0.416. The molecular formula is C26H25NO6. The molecule has 0 radical (unpaired) electrons. The minimum Gasteiger partial charge on any atom is -0.493 e. The fraction of sp³-hybridized carbons (Fsp3) is 0.192. The molecule has 0 bridgehead atoms. The summed E-state index contributed by atoms with van der Waals surface area (Å²) in [6.07, 6.45) is 0.207. The maximum Gasteiger partial charge on any atom is 0.329 e. The molecule has 0 fully saturated rings. The van der Waals surface area contributed by atoms with Crippen molar-refractivity contribution in [3.05, 3.63) is 95.6 Å². The van der Waals surface area contributed by atoms with Crippen LogP contribution in [0.4, 0.5) is 0 Å². The molecule has 0 unspecified atom stereocenters. The van der Waals surface area contributed by atoms with E-state index in [1.165, 1.54) is 20.3 Å². The second kappa shape index (κ2) is 11.5. The van der Waals surface area contributed by atoms with E-state index < -0.39 is 24.5 Å². The molecule has 7 heteroatoms. The molecule has 1 N–H and O–H groups in total. The highest BCUT2D eigenvalue weighted by atomic mass is 16.5. The molecule has 3 aromatic rings. The predicted octanol–water partition coefficient (Wildman–Crippen LogP) is 3.47. The van der Waals surface area contributed by atoms with Gasteiger partial charge in [-0.05, 0) is 23.8 Å². The number of methoxy groups -OCH3 is 2. The first kappa shape index (κ1) is 23.5. The zero-order chi connectivity index (χ0) is 23.6. The smallest absolute Gasteiger partial charge is 0.329 e. The predicted molar refractivity (Wildman–Crippen MR) is 123 cm³/mol. The van der Waals surface area contributed by atoms with Crippen molar-refractivity contribution in [2.75, 3.05) is 20.8 Å². The lowest BCUT2D eigenvalue weighted by atomic mass is 10.1. The minimum atomic E-state index is -0.989. The van der Waals surface area contributed by atoms with Crippen LogP contribution in [-0.4, -0.2) is 44.5 Å². The monoisotopic (exact) mass is 447 g/mol. The molecule has 0 saturated heterocycles. The van der Waals surface area contributed by atoms with Crippen molar-refractivity contribution in [1.82, 2.24) is 5.32 Å². The van der Waals surface area contributed by atoms with Crippen molar-refractivity contribution < 1.29 is 28.6 Å². The maximum atomic E-state index is 12.9. The van der Waals surface area contributed by atoms with E-state index in [1.807, 2.05) is 30.3 Å². The van der Waals surface area contributed by atoms with Crippen molar-refractivity contribution in [3.8, 4) is 11.5 Å². The summed E-state index contributed by atoms with van der Waals surface area (Å²) in [7, 11) is 2.97. The zero-order valence-electron chi connectivity index (χ0n) is 18.4. The lowest BCUT2D eigenvalue weighted by molar-refractivity contribution is -0.144. The van der Waals surface area contributed by atoms with Gasteiger partial charge in [-0.25, -0.2) is 4.79 Å². The number of Topliss-reactive ketones (excluding diaryl/α,β-unsaturated/α-hetero) is 1. The first-order valence-electron chi connectivity index (χ1n) is 10.3. The van der Waals surface area contributed by atoms with Crippen LogP contribution >= 0.6 is 0 Å².